The third kappa shape index (κ3) is 5.16. The average Bonchev–Trinajstić information content (AvgIpc) is 2.18. The van der Waals surface area contributed by atoms with Gasteiger partial charge in [-0.1, -0.05) is 0 Å². The van der Waals surface area contributed by atoms with E-state index in [9.17, 15) is 4.79 Å². The highest BCUT2D eigenvalue weighted by Gasteiger charge is 2.23. The van der Waals surface area contributed by atoms with Crippen LogP contribution in [0.2, 0.25) is 0 Å². The molecule has 0 saturated heterocycles. The van der Waals surface area contributed by atoms with Crippen molar-refractivity contribution in [2.45, 2.75) is 25.3 Å². The molecule has 5 nitrogen and oxygen atoms in total. The van der Waals surface area contributed by atoms with E-state index in [-0.39, 0.29) is 19.1 Å². The van der Waals surface area contributed by atoms with Crippen LogP contribution < -0.4 is 10.6 Å². The number of nitrogens with one attached hydrogen (secondary N) is 2. The standard InChI is InChI=1S/C9H20N2O3/c1-9(6-12,7-13)11-8(14)4-3-5-10-2/h10,12-13H,3-7H2,1-2H3,(H,11,14). The number of carbonyl (C=O) groups excluding carboxylic acids is 1. The minimum absolute atomic E-state index is 0.147. The molecule has 0 unspecified atom stereocenters. The fourth-order valence-electron chi connectivity index (χ4n) is 0.954. The normalized spacial score (nSPS) is 11.4. The summed E-state index contributed by atoms with van der Waals surface area (Å²) in [5, 5.41) is 23.4. The van der Waals surface area contributed by atoms with Crippen LogP contribution in [0.4, 0.5) is 0 Å². The van der Waals surface area contributed by atoms with E-state index < -0.39 is 5.54 Å². The highest BCUT2D eigenvalue weighted by atomic mass is 16.3. The van der Waals surface area contributed by atoms with E-state index in [1.165, 1.54) is 0 Å². The van der Waals surface area contributed by atoms with Crippen molar-refractivity contribution in [1.29, 1.82) is 0 Å². The highest BCUT2D eigenvalue weighted by molar-refractivity contribution is 5.76. The molecule has 5 heteroatoms. The summed E-state index contributed by atoms with van der Waals surface area (Å²) < 4.78 is 0. The number of rotatable bonds is 7. The molecule has 0 bridgehead atoms. The van der Waals surface area contributed by atoms with E-state index >= 15 is 0 Å². The SMILES string of the molecule is CNCCCC(=O)NC(C)(CO)CO. The van der Waals surface area contributed by atoms with Crippen molar-refractivity contribution in [2.24, 2.45) is 0 Å². The number of amides is 1. The van der Waals surface area contributed by atoms with Crippen LogP contribution in [0, 0.1) is 0 Å². The molecule has 4 N–H and O–H groups in total. The van der Waals surface area contributed by atoms with Gasteiger partial charge < -0.3 is 20.8 Å². The van der Waals surface area contributed by atoms with Crippen molar-refractivity contribution >= 4 is 5.91 Å². The molecule has 84 valence electrons. The molecule has 0 aromatic carbocycles. The predicted octanol–water partition coefficient (Wildman–Crippen LogP) is -1.15. The Balaban J connectivity index is 3.80. The first-order valence-corrected chi connectivity index (χ1v) is 4.75. The molecule has 0 radical (unpaired) electrons. The molecule has 0 spiro atoms. The fourth-order valence-corrected chi connectivity index (χ4v) is 0.954. The van der Waals surface area contributed by atoms with E-state index in [1.54, 1.807) is 6.92 Å². The third-order valence-electron chi connectivity index (χ3n) is 1.97. The van der Waals surface area contributed by atoms with Crippen LogP contribution >= 0.6 is 0 Å². The zero-order valence-corrected chi connectivity index (χ0v) is 8.84. The zero-order chi connectivity index (χ0) is 11.0. The summed E-state index contributed by atoms with van der Waals surface area (Å²) in [6.45, 7) is 1.86. The summed E-state index contributed by atoms with van der Waals surface area (Å²) >= 11 is 0. The second-order valence-corrected chi connectivity index (χ2v) is 3.63. The van der Waals surface area contributed by atoms with Crippen molar-refractivity contribution in [1.82, 2.24) is 10.6 Å². The van der Waals surface area contributed by atoms with Gasteiger partial charge in [-0.25, -0.2) is 0 Å². The summed E-state index contributed by atoms with van der Waals surface area (Å²) in [5.41, 5.74) is -0.906. The van der Waals surface area contributed by atoms with Crippen molar-refractivity contribution in [3.05, 3.63) is 0 Å². The zero-order valence-electron chi connectivity index (χ0n) is 8.84. The number of hydrogen-bond acceptors (Lipinski definition) is 4. The molecular formula is C9H20N2O3. The summed E-state index contributed by atoms with van der Waals surface area (Å²) in [4.78, 5) is 11.3. The van der Waals surface area contributed by atoms with Gasteiger partial charge in [0.25, 0.3) is 0 Å². The van der Waals surface area contributed by atoms with Gasteiger partial charge in [-0.2, -0.15) is 0 Å². The van der Waals surface area contributed by atoms with E-state index in [4.69, 9.17) is 10.2 Å². The molecule has 0 aromatic rings. The minimum atomic E-state index is -0.906. The Kier molecular flexibility index (Phi) is 6.44. The van der Waals surface area contributed by atoms with Crippen LogP contribution in [0.5, 0.6) is 0 Å². The molecule has 14 heavy (non-hydrogen) atoms. The Bertz CT molecular complexity index is 169. The molecule has 1 amide bonds. The summed E-state index contributed by atoms with van der Waals surface area (Å²) in [6, 6.07) is 0. The fraction of sp³-hybridized carbons (Fsp3) is 0.889. The molecule has 0 heterocycles. The van der Waals surface area contributed by atoms with E-state index in [0.29, 0.717) is 6.42 Å². The maximum Gasteiger partial charge on any atom is 0.220 e. The first-order chi connectivity index (χ1) is 6.58. The first kappa shape index (κ1) is 13.4. The second kappa shape index (κ2) is 6.75. The Hall–Kier alpha value is -0.650. The van der Waals surface area contributed by atoms with Crippen LogP contribution in [0.3, 0.4) is 0 Å². The van der Waals surface area contributed by atoms with E-state index in [0.717, 1.165) is 13.0 Å². The highest BCUT2D eigenvalue weighted by Crippen LogP contribution is 2.01. The smallest absolute Gasteiger partial charge is 0.220 e. The van der Waals surface area contributed by atoms with Crippen LogP contribution in [0.25, 0.3) is 0 Å². The third-order valence-corrected chi connectivity index (χ3v) is 1.97. The van der Waals surface area contributed by atoms with E-state index in [2.05, 4.69) is 10.6 Å². The molecule has 0 fully saturated rings. The van der Waals surface area contributed by atoms with Crippen LogP contribution in [-0.2, 0) is 4.79 Å². The van der Waals surface area contributed by atoms with Gasteiger partial charge in [0.15, 0.2) is 0 Å². The Labute approximate surface area is 84.5 Å². The number of aliphatic hydroxyl groups excluding tert-OH is 2. The first-order valence-electron chi connectivity index (χ1n) is 4.75. The lowest BCUT2D eigenvalue weighted by molar-refractivity contribution is -0.124. The van der Waals surface area contributed by atoms with Gasteiger partial charge in [0.2, 0.25) is 5.91 Å². The predicted molar refractivity (Wildman–Crippen MR) is 53.9 cm³/mol. The van der Waals surface area contributed by atoms with E-state index in [1.807, 2.05) is 7.05 Å². The van der Waals surface area contributed by atoms with Gasteiger partial charge in [-0.05, 0) is 26.9 Å². The van der Waals surface area contributed by atoms with Gasteiger partial charge in [-0.15, -0.1) is 0 Å². The molecule has 0 aliphatic rings. The summed E-state index contributed by atoms with van der Waals surface area (Å²) in [5.74, 6) is -0.147. The maximum absolute atomic E-state index is 11.3. The second-order valence-electron chi connectivity index (χ2n) is 3.63. The Morgan fingerprint density at radius 3 is 2.36 bits per heavy atom. The Morgan fingerprint density at radius 1 is 1.36 bits per heavy atom. The van der Waals surface area contributed by atoms with Gasteiger partial charge in [0.1, 0.15) is 0 Å². The Morgan fingerprint density at radius 2 is 1.93 bits per heavy atom. The van der Waals surface area contributed by atoms with Crippen LogP contribution in [0.15, 0.2) is 0 Å². The van der Waals surface area contributed by atoms with Gasteiger partial charge in [0.05, 0.1) is 18.8 Å². The monoisotopic (exact) mass is 204 g/mol. The van der Waals surface area contributed by atoms with Crippen molar-refractivity contribution < 1.29 is 15.0 Å². The van der Waals surface area contributed by atoms with Gasteiger partial charge >= 0.3 is 0 Å². The van der Waals surface area contributed by atoms with Crippen molar-refractivity contribution in [3.8, 4) is 0 Å². The minimum Gasteiger partial charge on any atom is -0.394 e. The van der Waals surface area contributed by atoms with Crippen molar-refractivity contribution in [3.63, 3.8) is 0 Å². The molecule has 0 aliphatic heterocycles. The topological polar surface area (TPSA) is 81.6 Å². The lowest BCUT2D eigenvalue weighted by atomic mass is 10.1. The number of carbonyl (C=O) groups is 1. The molecule has 0 aliphatic carbocycles. The lowest BCUT2D eigenvalue weighted by Gasteiger charge is -2.26. The quantitative estimate of drug-likeness (QED) is 0.395. The van der Waals surface area contributed by atoms with Gasteiger partial charge in [-0.3, -0.25) is 4.79 Å². The average molecular weight is 204 g/mol. The van der Waals surface area contributed by atoms with Crippen molar-refractivity contribution in [2.75, 3.05) is 26.8 Å². The largest absolute Gasteiger partial charge is 0.394 e. The molecule has 0 rings (SSSR count). The van der Waals surface area contributed by atoms with Gasteiger partial charge in [0, 0.05) is 6.42 Å². The van der Waals surface area contributed by atoms with Crippen LogP contribution in [0.1, 0.15) is 19.8 Å². The van der Waals surface area contributed by atoms with Crippen LogP contribution in [-0.4, -0.2) is 48.5 Å². The molecule has 0 aromatic heterocycles. The number of aliphatic hydroxyl groups is 2. The number of hydrogen-bond donors (Lipinski definition) is 4. The summed E-state index contributed by atoms with van der Waals surface area (Å²) in [6.07, 6.45) is 1.14. The molecular weight excluding hydrogens is 184 g/mol. The molecule has 0 saturated carbocycles. The summed E-state index contributed by atoms with van der Waals surface area (Å²) in [7, 11) is 1.82. The lowest BCUT2D eigenvalue weighted by Crippen LogP contribution is -2.51. The molecule has 0 atom stereocenters. The maximum atomic E-state index is 11.3.